The molecule has 0 aliphatic carbocycles. The van der Waals surface area contributed by atoms with E-state index in [0.29, 0.717) is 13.1 Å². The van der Waals surface area contributed by atoms with Gasteiger partial charge >= 0.3 is 12.0 Å². The average Bonchev–Trinajstić information content (AvgIpc) is 2.79. The van der Waals surface area contributed by atoms with Crippen molar-refractivity contribution in [1.82, 2.24) is 9.62 Å². The van der Waals surface area contributed by atoms with Gasteiger partial charge in [0.1, 0.15) is 0 Å². The Morgan fingerprint density at radius 3 is 2.30 bits per heavy atom. The van der Waals surface area contributed by atoms with Gasteiger partial charge in [0.15, 0.2) is 6.10 Å². The zero-order valence-electron chi connectivity index (χ0n) is 17.7. The molecule has 176 valence electrons. The minimum Gasteiger partial charge on any atom is -0.449 e. The average molecular weight is 495 g/mol. The molecule has 0 spiro atoms. The molecular formula is C21H23ClN4O6S. The number of nitrogens with zero attached hydrogens (tertiary/aromatic N) is 2. The SMILES string of the molecule is C[C@H](OC(=O)c1cc(S(=O)(=O)N2CCN(c3ccccc3)CC2)ccc1Cl)C(=O)NC(N)=O. The highest BCUT2D eigenvalue weighted by Crippen LogP contribution is 2.25. The van der Waals surface area contributed by atoms with Crippen molar-refractivity contribution in [3.05, 3.63) is 59.1 Å². The molecule has 0 bridgehead atoms. The van der Waals surface area contributed by atoms with Crippen LogP contribution < -0.4 is 16.0 Å². The van der Waals surface area contributed by atoms with Crippen molar-refractivity contribution < 1.29 is 27.5 Å². The minimum atomic E-state index is -3.90. The Kier molecular flexibility index (Phi) is 7.57. The quantitative estimate of drug-likeness (QED) is 0.581. The van der Waals surface area contributed by atoms with Crippen LogP contribution in [-0.4, -0.2) is 62.9 Å². The third-order valence-electron chi connectivity index (χ3n) is 5.05. The maximum atomic E-state index is 13.2. The number of rotatable bonds is 6. The second-order valence-electron chi connectivity index (χ2n) is 7.27. The van der Waals surface area contributed by atoms with Gasteiger partial charge in [0.05, 0.1) is 15.5 Å². The predicted octanol–water partition coefficient (Wildman–Crippen LogP) is 1.59. The van der Waals surface area contributed by atoms with Crippen molar-refractivity contribution in [2.75, 3.05) is 31.1 Å². The number of amides is 3. The van der Waals surface area contributed by atoms with E-state index in [9.17, 15) is 22.8 Å². The molecule has 1 saturated heterocycles. The lowest BCUT2D eigenvalue weighted by Gasteiger charge is -2.35. The van der Waals surface area contributed by atoms with Crippen molar-refractivity contribution in [3.63, 3.8) is 0 Å². The van der Waals surface area contributed by atoms with Gasteiger partial charge in [0.2, 0.25) is 10.0 Å². The Balaban J connectivity index is 1.73. The molecule has 10 nitrogen and oxygen atoms in total. The summed E-state index contributed by atoms with van der Waals surface area (Å²) in [5.41, 5.74) is 5.66. The maximum absolute atomic E-state index is 13.2. The lowest BCUT2D eigenvalue weighted by atomic mass is 10.2. The van der Waals surface area contributed by atoms with E-state index in [0.717, 1.165) is 11.8 Å². The van der Waals surface area contributed by atoms with Crippen LogP contribution in [0.4, 0.5) is 10.5 Å². The van der Waals surface area contributed by atoms with Gasteiger partial charge in [-0.1, -0.05) is 29.8 Å². The summed E-state index contributed by atoms with van der Waals surface area (Å²) in [6, 6.07) is 12.3. The van der Waals surface area contributed by atoms with E-state index in [4.69, 9.17) is 22.1 Å². The zero-order valence-corrected chi connectivity index (χ0v) is 19.3. The van der Waals surface area contributed by atoms with Crippen LogP contribution in [0.15, 0.2) is 53.4 Å². The van der Waals surface area contributed by atoms with Gasteiger partial charge in [-0.05, 0) is 37.3 Å². The van der Waals surface area contributed by atoms with E-state index in [-0.39, 0.29) is 28.6 Å². The van der Waals surface area contributed by atoms with Crippen molar-refractivity contribution in [2.45, 2.75) is 17.9 Å². The van der Waals surface area contributed by atoms with Crippen LogP contribution in [0.3, 0.4) is 0 Å². The molecule has 1 heterocycles. The molecule has 1 atom stereocenters. The summed E-state index contributed by atoms with van der Waals surface area (Å²) in [4.78, 5) is 37.0. The standard InChI is InChI=1S/C21H23ClN4O6S/c1-14(19(27)24-21(23)29)32-20(28)17-13-16(7-8-18(17)22)33(30,31)26-11-9-25(10-12-26)15-5-3-2-4-6-15/h2-8,13-14H,9-12H2,1H3,(H3,23,24,27,29)/t14-/m0/s1. The number of anilines is 1. The lowest BCUT2D eigenvalue weighted by molar-refractivity contribution is -0.127. The number of imide groups is 1. The molecule has 33 heavy (non-hydrogen) atoms. The molecule has 2 aromatic rings. The molecule has 2 aromatic carbocycles. The monoisotopic (exact) mass is 494 g/mol. The van der Waals surface area contributed by atoms with Crippen molar-refractivity contribution in [2.24, 2.45) is 5.73 Å². The fourth-order valence-electron chi connectivity index (χ4n) is 3.30. The summed E-state index contributed by atoms with van der Waals surface area (Å²) in [6.07, 6.45) is -1.35. The van der Waals surface area contributed by atoms with Gasteiger partial charge in [-0.3, -0.25) is 10.1 Å². The number of urea groups is 1. The van der Waals surface area contributed by atoms with Gasteiger partial charge in [-0.2, -0.15) is 4.31 Å². The molecule has 0 aromatic heterocycles. The number of nitrogens with two attached hydrogens (primary N) is 1. The Bertz CT molecular complexity index is 1150. The van der Waals surface area contributed by atoms with Crippen LogP contribution in [0.5, 0.6) is 0 Å². The Labute approximate surface area is 196 Å². The van der Waals surface area contributed by atoms with Crippen molar-refractivity contribution >= 4 is 45.2 Å². The highest BCUT2D eigenvalue weighted by molar-refractivity contribution is 7.89. The molecule has 3 rings (SSSR count). The van der Waals surface area contributed by atoms with Crippen LogP contribution >= 0.6 is 11.6 Å². The number of piperazine rings is 1. The van der Waals surface area contributed by atoms with Crippen LogP contribution in [0, 0.1) is 0 Å². The highest BCUT2D eigenvalue weighted by Gasteiger charge is 2.30. The van der Waals surface area contributed by atoms with E-state index in [1.165, 1.54) is 23.4 Å². The van der Waals surface area contributed by atoms with E-state index < -0.39 is 34.0 Å². The fourth-order valence-corrected chi connectivity index (χ4v) is 4.94. The zero-order chi connectivity index (χ0) is 24.2. The lowest BCUT2D eigenvalue weighted by Crippen LogP contribution is -2.48. The molecule has 0 saturated carbocycles. The van der Waals surface area contributed by atoms with E-state index in [1.54, 1.807) is 5.32 Å². The van der Waals surface area contributed by atoms with Crippen molar-refractivity contribution in [1.29, 1.82) is 0 Å². The van der Waals surface area contributed by atoms with Crippen molar-refractivity contribution in [3.8, 4) is 0 Å². The number of esters is 1. The number of halogens is 1. The first-order valence-electron chi connectivity index (χ1n) is 10.0. The number of benzene rings is 2. The smallest absolute Gasteiger partial charge is 0.340 e. The number of hydrogen-bond acceptors (Lipinski definition) is 7. The first-order valence-corrected chi connectivity index (χ1v) is 11.8. The summed E-state index contributed by atoms with van der Waals surface area (Å²) in [7, 11) is -3.90. The minimum absolute atomic E-state index is 0.0460. The molecule has 1 fully saturated rings. The fraction of sp³-hybridized carbons (Fsp3) is 0.286. The first-order chi connectivity index (χ1) is 15.6. The molecular weight excluding hydrogens is 472 g/mol. The normalized spacial score (nSPS) is 15.5. The Hall–Kier alpha value is -3.15. The van der Waals surface area contributed by atoms with Crippen LogP contribution in [0.2, 0.25) is 5.02 Å². The highest BCUT2D eigenvalue weighted by atomic mass is 35.5. The van der Waals surface area contributed by atoms with Gasteiger partial charge in [0, 0.05) is 31.9 Å². The topological polar surface area (TPSA) is 139 Å². The Morgan fingerprint density at radius 2 is 1.70 bits per heavy atom. The molecule has 3 N–H and O–H groups in total. The van der Waals surface area contributed by atoms with Gasteiger partial charge < -0.3 is 15.4 Å². The number of ether oxygens (including phenoxy) is 1. The second-order valence-corrected chi connectivity index (χ2v) is 9.61. The molecule has 0 unspecified atom stereocenters. The van der Waals surface area contributed by atoms with E-state index in [1.807, 2.05) is 30.3 Å². The van der Waals surface area contributed by atoms with E-state index >= 15 is 0 Å². The molecule has 3 amide bonds. The van der Waals surface area contributed by atoms with Crippen LogP contribution in [0.25, 0.3) is 0 Å². The third kappa shape index (κ3) is 5.81. The summed E-state index contributed by atoms with van der Waals surface area (Å²) >= 11 is 6.07. The second kappa shape index (κ2) is 10.2. The molecule has 1 aliphatic rings. The van der Waals surface area contributed by atoms with Gasteiger partial charge in [-0.25, -0.2) is 18.0 Å². The van der Waals surface area contributed by atoms with E-state index in [2.05, 4.69) is 4.90 Å². The first kappa shape index (κ1) is 24.5. The van der Waals surface area contributed by atoms with Gasteiger partial charge in [0.25, 0.3) is 5.91 Å². The number of carbonyl (C=O) groups excluding carboxylic acids is 3. The van der Waals surface area contributed by atoms with Gasteiger partial charge in [-0.15, -0.1) is 0 Å². The Morgan fingerprint density at radius 1 is 1.06 bits per heavy atom. The molecule has 12 heteroatoms. The van der Waals surface area contributed by atoms with Crippen LogP contribution in [-0.2, 0) is 19.6 Å². The number of nitrogens with one attached hydrogen (secondary N) is 1. The number of sulfonamides is 1. The third-order valence-corrected chi connectivity index (χ3v) is 7.28. The maximum Gasteiger partial charge on any atom is 0.340 e. The summed E-state index contributed by atoms with van der Waals surface area (Å²) < 4.78 is 32.7. The predicted molar refractivity (Wildman–Crippen MR) is 121 cm³/mol. The molecule has 1 aliphatic heterocycles. The number of primary amides is 1. The summed E-state index contributed by atoms with van der Waals surface area (Å²) in [6.45, 7) is 2.79. The molecule has 0 radical (unpaired) electrons. The number of para-hydroxylation sites is 1. The van der Waals surface area contributed by atoms with Crippen LogP contribution in [0.1, 0.15) is 17.3 Å². The number of carbonyl (C=O) groups is 3. The number of hydrogen-bond donors (Lipinski definition) is 2. The summed E-state index contributed by atoms with van der Waals surface area (Å²) in [5.74, 6) is -1.94. The summed E-state index contributed by atoms with van der Waals surface area (Å²) in [5, 5.41) is 1.75. The largest absolute Gasteiger partial charge is 0.449 e.